The second kappa shape index (κ2) is 8.00. The zero-order valence-corrected chi connectivity index (χ0v) is 14.1. The highest BCUT2D eigenvalue weighted by Crippen LogP contribution is 2.37. The molecule has 0 aliphatic heterocycles. The SMILES string of the molecule is CCNC1(C#N)CCCC1CCN(C)C(C)CC(C)C. The maximum Gasteiger partial charge on any atom is 0.109 e. The molecule has 0 bridgehead atoms. The minimum absolute atomic E-state index is 0.253. The molecule has 1 rings (SSSR count). The average Bonchev–Trinajstić information content (AvgIpc) is 2.79. The summed E-state index contributed by atoms with van der Waals surface area (Å²) in [6, 6.07) is 3.22. The molecular weight excluding hydrogens is 246 g/mol. The Kier molecular flexibility index (Phi) is 6.99. The summed E-state index contributed by atoms with van der Waals surface area (Å²) >= 11 is 0. The van der Waals surface area contributed by atoms with Crippen LogP contribution in [0.1, 0.15) is 59.8 Å². The summed E-state index contributed by atoms with van der Waals surface area (Å²) in [5.74, 6) is 1.26. The fourth-order valence-corrected chi connectivity index (χ4v) is 3.65. The zero-order chi connectivity index (χ0) is 15.2. The van der Waals surface area contributed by atoms with E-state index in [2.05, 4.69) is 51.0 Å². The van der Waals surface area contributed by atoms with Crippen LogP contribution in [0, 0.1) is 23.2 Å². The molecule has 1 saturated carbocycles. The van der Waals surface area contributed by atoms with Gasteiger partial charge in [0.2, 0.25) is 0 Å². The lowest BCUT2D eigenvalue weighted by atomic mass is 9.85. The minimum Gasteiger partial charge on any atom is -0.304 e. The fourth-order valence-electron chi connectivity index (χ4n) is 3.65. The number of rotatable bonds is 8. The Labute approximate surface area is 125 Å². The van der Waals surface area contributed by atoms with Gasteiger partial charge in [0.1, 0.15) is 5.54 Å². The third-order valence-electron chi connectivity index (χ3n) is 4.91. The monoisotopic (exact) mass is 279 g/mol. The smallest absolute Gasteiger partial charge is 0.109 e. The van der Waals surface area contributed by atoms with E-state index in [1.807, 2.05) is 0 Å². The van der Waals surface area contributed by atoms with Crippen LogP contribution in [0.3, 0.4) is 0 Å². The molecular formula is C17H33N3. The standard InChI is InChI=1S/C17H33N3/c1-6-19-17(13-18)10-7-8-16(17)9-11-20(5)15(4)12-14(2)3/h14-16,19H,6-12H2,1-5H3. The van der Waals surface area contributed by atoms with Gasteiger partial charge in [-0.15, -0.1) is 0 Å². The van der Waals surface area contributed by atoms with Crippen LogP contribution in [0.2, 0.25) is 0 Å². The van der Waals surface area contributed by atoms with Crippen molar-refractivity contribution in [2.45, 2.75) is 71.4 Å². The Bertz CT molecular complexity index is 321. The van der Waals surface area contributed by atoms with Crippen molar-refractivity contribution in [2.75, 3.05) is 20.1 Å². The van der Waals surface area contributed by atoms with Gasteiger partial charge in [0.25, 0.3) is 0 Å². The molecule has 3 unspecified atom stereocenters. The van der Waals surface area contributed by atoms with Crippen LogP contribution in [-0.2, 0) is 0 Å². The number of nitrogens with zero attached hydrogens (tertiary/aromatic N) is 2. The van der Waals surface area contributed by atoms with Crippen LogP contribution in [0.25, 0.3) is 0 Å². The maximum absolute atomic E-state index is 9.59. The predicted molar refractivity (Wildman–Crippen MR) is 85.5 cm³/mol. The second-order valence-electron chi connectivity index (χ2n) is 6.95. The van der Waals surface area contributed by atoms with Crippen molar-refractivity contribution in [3.63, 3.8) is 0 Å². The van der Waals surface area contributed by atoms with Gasteiger partial charge >= 0.3 is 0 Å². The van der Waals surface area contributed by atoms with Crippen molar-refractivity contribution in [3.8, 4) is 6.07 Å². The first-order valence-corrected chi connectivity index (χ1v) is 8.31. The quantitative estimate of drug-likeness (QED) is 0.740. The van der Waals surface area contributed by atoms with Crippen LogP contribution in [-0.4, -0.2) is 36.6 Å². The molecule has 1 N–H and O–H groups in total. The first-order valence-electron chi connectivity index (χ1n) is 8.31. The molecule has 0 spiro atoms. The number of hydrogen-bond donors (Lipinski definition) is 1. The largest absolute Gasteiger partial charge is 0.304 e. The molecule has 0 heterocycles. The second-order valence-corrected chi connectivity index (χ2v) is 6.95. The van der Waals surface area contributed by atoms with E-state index in [0.717, 1.165) is 31.8 Å². The van der Waals surface area contributed by atoms with Crippen molar-refractivity contribution in [1.82, 2.24) is 10.2 Å². The van der Waals surface area contributed by atoms with Gasteiger partial charge in [0.05, 0.1) is 6.07 Å². The van der Waals surface area contributed by atoms with Gasteiger partial charge in [0, 0.05) is 6.04 Å². The van der Waals surface area contributed by atoms with E-state index in [-0.39, 0.29) is 5.54 Å². The summed E-state index contributed by atoms with van der Waals surface area (Å²) in [6.07, 6.45) is 5.80. The Morgan fingerprint density at radius 1 is 1.40 bits per heavy atom. The number of nitrogens with one attached hydrogen (secondary N) is 1. The summed E-state index contributed by atoms with van der Waals surface area (Å²) in [5.41, 5.74) is -0.253. The van der Waals surface area contributed by atoms with E-state index in [9.17, 15) is 5.26 Å². The van der Waals surface area contributed by atoms with Gasteiger partial charge in [-0.1, -0.05) is 27.2 Å². The number of hydrogen-bond acceptors (Lipinski definition) is 3. The van der Waals surface area contributed by atoms with Crippen LogP contribution in [0.5, 0.6) is 0 Å². The average molecular weight is 279 g/mol. The van der Waals surface area contributed by atoms with Crippen molar-refractivity contribution in [2.24, 2.45) is 11.8 Å². The normalized spacial score (nSPS) is 28.0. The molecule has 1 fully saturated rings. The molecule has 0 saturated heterocycles. The van der Waals surface area contributed by atoms with Gasteiger partial charge in [-0.2, -0.15) is 5.26 Å². The lowest BCUT2D eigenvalue weighted by Crippen LogP contribution is -2.48. The molecule has 0 radical (unpaired) electrons. The first-order chi connectivity index (χ1) is 9.45. The van der Waals surface area contributed by atoms with Gasteiger partial charge in [-0.25, -0.2) is 0 Å². The summed E-state index contributed by atoms with van der Waals surface area (Å²) in [6.45, 7) is 11.0. The highest BCUT2D eigenvalue weighted by molar-refractivity contribution is 5.14. The van der Waals surface area contributed by atoms with Gasteiger partial charge < -0.3 is 4.90 Å². The minimum atomic E-state index is -0.253. The summed E-state index contributed by atoms with van der Waals surface area (Å²) in [4.78, 5) is 2.46. The van der Waals surface area contributed by atoms with E-state index in [1.54, 1.807) is 0 Å². The van der Waals surface area contributed by atoms with Gasteiger partial charge in [-0.3, -0.25) is 5.32 Å². The zero-order valence-electron chi connectivity index (χ0n) is 14.1. The van der Waals surface area contributed by atoms with Gasteiger partial charge in [0.15, 0.2) is 0 Å². The fraction of sp³-hybridized carbons (Fsp3) is 0.941. The molecule has 20 heavy (non-hydrogen) atoms. The molecule has 1 aliphatic carbocycles. The number of nitriles is 1. The van der Waals surface area contributed by atoms with Crippen molar-refractivity contribution in [3.05, 3.63) is 0 Å². The molecule has 0 amide bonds. The Balaban J connectivity index is 2.49. The first kappa shape index (κ1) is 17.5. The van der Waals surface area contributed by atoms with E-state index >= 15 is 0 Å². The van der Waals surface area contributed by atoms with Crippen molar-refractivity contribution >= 4 is 0 Å². The Morgan fingerprint density at radius 2 is 2.10 bits per heavy atom. The molecule has 0 aromatic heterocycles. The maximum atomic E-state index is 9.59. The molecule has 0 aromatic rings. The molecule has 1 aliphatic rings. The molecule has 3 heteroatoms. The lowest BCUT2D eigenvalue weighted by molar-refractivity contribution is 0.196. The van der Waals surface area contributed by atoms with E-state index in [4.69, 9.17) is 0 Å². The van der Waals surface area contributed by atoms with Crippen LogP contribution >= 0.6 is 0 Å². The summed E-state index contributed by atoms with van der Waals surface area (Å²) < 4.78 is 0. The Hall–Kier alpha value is -0.590. The van der Waals surface area contributed by atoms with Crippen molar-refractivity contribution in [1.29, 1.82) is 5.26 Å². The van der Waals surface area contributed by atoms with Crippen LogP contribution in [0.15, 0.2) is 0 Å². The Morgan fingerprint density at radius 3 is 2.65 bits per heavy atom. The van der Waals surface area contributed by atoms with Crippen LogP contribution < -0.4 is 5.32 Å². The summed E-state index contributed by atoms with van der Waals surface area (Å²) in [5, 5.41) is 13.0. The topological polar surface area (TPSA) is 39.1 Å². The molecule has 0 aromatic carbocycles. The van der Waals surface area contributed by atoms with Crippen LogP contribution in [0.4, 0.5) is 0 Å². The highest BCUT2D eigenvalue weighted by atomic mass is 15.1. The van der Waals surface area contributed by atoms with Crippen molar-refractivity contribution < 1.29 is 0 Å². The van der Waals surface area contributed by atoms with Gasteiger partial charge in [-0.05, 0) is 64.6 Å². The molecule has 3 atom stereocenters. The van der Waals surface area contributed by atoms with E-state index in [0.29, 0.717) is 12.0 Å². The lowest BCUT2D eigenvalue weighted by Gasteiger charge is -2.32. The highest BCUT2D eigenvalue weighted by Gasteiger charge is 2.42. The molecule has 116 valence electrons. The van der Waals surface area contributed by atoms with E-state index < -0.39 is 0 Å². The third-order valence-corrected chi connectivity index (χ3v) is 4.91. The summed E-state index contributed by atoms with van der Waals surface area (Å²) in [7, 11) is 2.23. The van der Waals surface area contributed by atoms with E-state index in [1.165, 1.54) is 19.3 Å². The molecule has 3 nitrogen and oxygen atoms in total. The third kappa shape index (κ3) is 4.46. The predicted octanol–water partition coefficient (Wildman–Crippen LogP) is 3.41.